The molecule has 2 aromatic carbocycles. The Hall–Kier alpha value is -3.90. The van der Waals surface area contributed by atoms with Crippen LogP contribution in [0.25, 0.3) is 0 Å². The molecule has 2 fully saturated rings. The third-order valence-electron chi connectivity index (χ3n) is 7.73. The summed E-state index contributed by atoms with van der Waals surface area (Å²) in [5.41, 5.74) is 9.47. The van der Waals surface area contributed by atoms with Crippen molar-refractivity contribution < 1.29 is 27.5 Å². The summed E-state index contributed by atoms with van der Waals surface area (Å²) in [5.74, 6) is 1.20. The predicted molar refractivity (Wildman–Crippen MR) is 159 cm³/mol. The van der Waals surface area contributed by atoms with Gasteiger partial charge in [-0.05, 0) is 48.6 Å². The Morgan fingerprint density at radius 3 is 2.43 bits per heavy atom. The molecule has 0 atom stereocenters. The number of hydrogen-bond acceptors (Lipinski definition) is 8. The van der Waals surface area contributed by atoms with Gasteiger partial charge in [0.25, 0.3) is 11.8 Å². The maximum Gasteiger partial charge on any atom is 0.272 e. The van der Waals surface area contributed by atoms with E-state index in [2.05, 4.69) is 4.99 Å². The normalized spacial score (nSPS) is 18.6. The van der Waals surface area contributed by atoms with E-state index in [0.717, 1.165) is 29.7 Å². The minimum absolute atomic E-state index is 0.129. The molecule has 1 saturated heterocycles. The summed E-state index contributed by atoms with van der Waals surface area (Å²) in [5, 5.41) is 0. The minimum Gasteiger partial charge on any atom is -0.493 e. The van der Waals surface area contributed by atoms with Crippen LogP contribution in [0.15, 0.2) is 59.2 Å². The number of sulfonamides is 1. The molecule has 1 aliphatic carbocycles. The highest BCUT2D eigenvalue weighted by Crippen LogP contribution is 2.34. The van der Waals surface area contributed by atoms with E-state index in [1.165, 1.54) is 10.6 Å². The van der Waals surface area contributed by atoms with Gasteiger partial charge in [0.15, 0.2) is 11.5 Å². The van der Waals surface area contributed by atoms with Gasteiger partial charge in [-0.2, -0.15) is 4.31 Å². The van der Waals surface area contributed by atoms with Crippen molar-refractivity contribution in [3.05, 3.63) is 70.9 Å². The molecular formula is C30H37N5O6S. The van der Waals surface area contributed by atoms with Crippen molar-refractivity contribution in [1.82, 2.24) is 14.1 Å². The Balaban J connectivity index is 1.19. The van der Waals surface area contributed by atoms with Crippen LogP contribution in [0.3, 0.4) is 0 Å². The standard InChI is InChI=1S/C30H37N5O6S/c1-40-28-24(19-34-13-12-32-26(30(34)37)18-25(31)22-10-11-22)4-3-5-27(28)41-20-21-6-8-23(9-7-21)29(36)33-14-16-35(17-15-33)42(2,38)39/h3-9,18,22H,10-17,19-20,31H2,1-2H3. The maximum absolute atomic E-state index is 13.1. The Morgan fingerprint density at radius 2 is 1.79 bits per heavy atom. The molecule has 2 aliphatic heterocycles. The van der Waals surface area contributed by atoms with Gasteiger partial charge in [-0.1, -0.05) is 24.3 Å². The van der Waals surface area contributed by atoms with Crippen LogP contribution in [0, 0.1) is 5.92 Å². The average Bonchev–Trinajstić information content (AvgIpc) is 3.84. The van der Waals surface area contributed by atoms with Gasteiger partial charge in [0, 0.05) is 56.1 Å². The van der Waals surface area contributed by atoms with Gasteiger partial charge in [-0.25, -0.2) is 8.42 Å². The van der Waals surface area contributed by atoms with E-state index in [0.29, 0.717) is 74.5 Å². The summed E-state index contributed by atoms with van der Waals surface area (Å²) >= 11 is 0. The average molecular weight is 596 g/mol. The molecule has 1 saturated carbocycles. The molecule has 0 radical (unpaired) electrons. The fraction of sp³-hybridized carbons (Fsp3) is 0.433. The summed E-state index contributed by atoms with van der Waals surface area (Å²) in [4.78, 5) is 33.8. The van der Waals surface area contributed by atoms with Crippen molar-refractivity contribution in [2.75, 3.05) is 52.6 Å². The van der Waals surface area contributed by atoms with E-state index in [4.69, 9.17) is 15.2 Å². The number of methoxy groups -OCH3 is 1. The van der Waals surface area contributed by atoms with Crippen molar-refractivity contribution in [1.29, 1.82) is 0 Å². The predicted octanol–water partition coefficient (Wildman–Crippen LogP) is 2.03. The van der Waals surface area contributed by atoms with Crippen LogP contribution in [-0.4, -0.2) is 92.7 Å². The number of allylic oxidation sites excluding steroid dienone is 1. The second-order valence-electron chi connectivity index (χ2n) is 10.8. The van der Waals surface area contributed by atoms with Crippen molar-refractivity contribution >= 4 is 27.5 Å². The van der Waals surface area contributed by atoms with Gasteiger partial charge >= 0.3 is 0 Å². The van der Waals surface area contributed by atoms with Gasteiger partial charge in [0.1, 0.15) is 12.3 Å². The van der Waals surface area contributed by atoms with Crippen LogP contribution in [0.2, 0.25) is 0 Å². The molecule has 0 unspecified atom stereocenters. The molecule has 0 bridgehead atoms. The van der Waals surface area contributed by atoms with Crippen LogP contribution in [0.5, 0.6) is 11.5 Å². The molecular weight excluding hydrogens is 558 g/mol. The first-order valence-electron chi connectivity index (χ1n) is 14.1. The first kappa shape index (κ1) is 29.6. The highest BCUT2D eigenvalue weighted by atomic mass is 32.2. The van der Waals surface area contributed by atoms with Crippen LogP contribution < -0.4 is 15.2 Å². The molecule has 42 heavy (non-hydrogen) atoms. The van der Waals surface area contributed by atoms with Gasteiger partial charge in [0.2, 0.25) is 10.0 Å². The molecule has 12 heteroatoms. The molecule has 0 aromatic heterocycles. The van der Waals surface area contributed by atoms with Crippen LogP contribution in [-0.2, 0) is 28.0 Å². The highest BCUT2D eigenvalue weighted by Gasteiger charge is 2.29. The van der Waals surface area contributed by atoms with Crippen LogP contribution in [0.1, 0.15) is 34.3 Å². The summed E-state index contributed by atoms with van der Waals surface area (Å²) in [6.07, 6.45) is 5.03. The van der Waals surface area contributed by atoms with Gasteiger partial charge in [0.05, 0.1) is 19.9 Å². The lowest BCUT2D eigenvalue weighted by atomic mass is 10.1. The Morgan fingerprint density at radius 1 is 1.07 bits per heavy atom. The molecule has 11 nitrogen and oxygen atoms in total. The van der Waals surface area contributed by atoms with Crippen molar-refractivity contribution in [3.63, 3.8) is 0 Å². The number of carbonyl (C=O) groups is 2. The summed E-state index contributed by atoms with van der Waals surface area (Å²) < 4.78 is 36.7. The number of rotatable bonds is 10. The van der Waals surface area contributed by atoms with Gasteiger partial charge in [-0.15, -0.1) is 0 Å². The van der Waals surface area contributed by atoms with E-state index in [-0.39, 0.29) is 18.4 Å². The van der Waals surface area contributed by atoms with E-state index in [1.54, 1.807) is 35.1 Å². The molecule has 2 N–H and O–H groups in total. The quantitative estimate of drug-likeness (QED) is 0.444. The van der Waals surface area contributed by atoms with Crippen molar-refractivity contribution in [2.45, 2.75) is 26.0 Å². The first-order chi connectivity index (χ1) is 20.1. The number of nitrogens with zero attached hydrogens (tertiary/aromatic N) is 4. The van der Waals surface area contributed by atoms with E-state index in [1.807, 2.05) is 30.3 Å². The number of aliphatic imine (C=N–C) groups is 1. The van der Waals surface area contributed by atoms with E-state index in [9.17, 15) is 18.0 Å². The van der Waals surface area contributed by atoms with Crippen LogP contribution in [0.4, 0.5) is 0 Å². The number of carbonyl (C=O) groups excluding carboxylic acids is 2. The summed E-state index contributed by atoms with van der Waals surface area (Å²) in [6, 6.07) is 12.8. The Labute approximate surface area is 246 Å². The third kappa shape index (κ3) is 6.93. The third-order valence-corrected chi connectivity index (χ3v) is 9.03. The molecule has 5 rings (SSSR count). The topological polar surface area (TPSA) is 135 Å². The zero-order chi connectivity index (χ0) is 29.9. The second-order valence-corrected chi connectivity index (χ2v) is 12.8. The molecule has 3 aliphatic rings. The number of ether oxygens (including phenoxy) is 2. The maximum atomic E-state index is 13.1. The number of benzene rings is 2. The first-order valence-corrected chi connectivity index (χ1v) is 15.9. The molecule has 224 valence electrons. The lowest BCUT2D eigenvalue weighted by molar-refractivity contribution is -0.125. The minimum atomic E-state index is -3.26. The fourth-order valence-electron chi connectivity index (χ4n) is 5.12. The second kappa shape index (κ2) is 12.5. The number of hydrogen-bond donors (Lipinski definition) is 1. The van der Waals surface area contributed by atoms with Crippen molar-refractivity contribution in [3.8, 4) is 11.5 Å². The van der Waals surface area contributed by atoms with Crippen molar-refractivity contribution in [2.24, 2.45) is 16.6 Å². The number of amides is 2. The molecule has 2 aromatic rings. The number of nitrogens with two attached hydrogens (primary N) is 1. The fourth-order valence-corrected chi connectivity index (χ4v) is 5.95. The largest absolute Gasteiger partial charge is 0.493 e. The van der Waals surface area contributed by atoms with Crippen LogP contribution >= 0.6 is 0 Å². The summed E-state index contributed by atoms with van der Waals surface area (Å²) in [7, 11) is -1.68. The number of piperazine rings is 1. The highest BCUT2D eigenvalue weighted by molar-refractivity contribution is 7.88. The lowest BCUT2D eigenvalue weighted by Crippen LogP contribution is -2.50. The zero-order valence-corrected chi connectivity index (χ0v) is 24.8. The monoisotopic (exact) mass is 595 g/mol. The van der Waals surface area contributed by atoms with Gasteiger partial charge < -0.3 is 25.0 Å². The SMILES string of the molecule is COc1c(CN2CCN=C(C=C(N)C3CC3)C2=O)cccc1OCc1ccc(C(=O)N2CCN(S(C)(=O)=O)CC2)cc1. The molecule has 2 amide bonds. The van der Waals surface area contributed by atoms with E-state index < -0.39 is 10.0 Å². The zero-order valence-electron chi connectivity index (χ0n) is 24.0. The molecule has 2 heterocycles. The lowest BCUT2D eigenvalue weighted by Gasteiger charge is -2.33. The Bertz CT molecular complexity index is 1490. The number of para-hydroxylation sites is 1. The summed E-state index contributed by atoms with van der Waals surface area (Å²) in [6.45, 7) is 2.94. The molecule has 0 spiro atoms. The smallest absolute Gasteiger partial charge is 0.272 e. The Kier molecular flexibility index (Phi) is 8.83. The van der Waals surface area contributed by atoms with E-state index >= 15 is 0 Å². The van der Waals surface area contributed by atoms with Gasteiger partial charge in [-0.3, -0.25) is 14.6 Å².